The van der Waals surface area contributed by atoms with Crippen molar-refractivity contribution in [2.75, 3.05) is 0 Å². The van der Waals surface area contributed by atoms with Crippen LogP contribution in [-0.4, -0.2) is 23.2 Å². The lowest BCUT2D eigenvalue weighted by molar-refractivity contribution is -0.122. The number of alkyl halides is 1. The van der Waals surface area contributed by atoms with Gasteiger partial charge >= 0.3 is 0 Å². The van der Waals surface area contributed by atoms with E-state index in [2.05, 4.69) is 0 Å². The SMILES string of the molecule is CC(O)CCC(=O)C1C=CC(F)CC1. The van der Waals surface area contributed by atoms with Crippen molar-refractivity contribution in [2.24, 2.45) is 5.92 Å². The number of Topliss-reactive ketones (excluding diaryl/α,β-unsaturated/α-hetero) is 1. The molecule has 0 saturated heterocycles. The van der Waals surface area contributed by atoms with Crippen LogP contribution in [0.15, 0.2) is 12.2 Å². The molecule has 1 aliphatic rings. The van der Waals surface area contributed by atoms with E-state index in [9.17, 15) is 9.18 Å². The first-order valence-corrected chi connectivity index (χ1v) is 5.12. The van der Waals surface area contributed by atoms with Crippen LogP contribution in [0.25, 0.3) is 0 Å². The molecule has 80 valence electrons. The van der Waals surface area contributed by atoms with Crippen molar-refractivity contribution < 1.29 is 14.3 Å². The molecule has 0 amide bonds. The monoisotopic (exact) mass is 200 g/mol. The predicted molar refractivity (Wildman–Crippen MR) is 52.7 cm³/mol. The minimum absolute atomic E-state index is 0.119. The molecule has 1 aliphatic carbocycles. The van der Waals surface area contributed by atoms with Crippen LogP contribution in [-0.2, 0) is 4.79 Å². The Morgan fingerprint density at radius 3 is 2.79 bits per heavy atom. The second kappa shape index (κ2) is 5.25. The van der Waals surface area contributed by atoms with Gasteiger partial charge < -0.3 is 5.11 Å². The van der Waals surface area contributed by atoms with Gasteiger partial charge in [0.2, 0.25) is 0 Å². The number of allylic oxidation sites excluding steroid dienone is 2. The first kappa shape index (κ1) is 11.4. The molecule has 2 nitrogen and oxygen atoms in total. The Balaban J connectivity index is 2.34. The van der Waals surface area contributed by atoms with Crippen LogP contribution in [0.3, 0.4) is 0 Å². The van der Waals surface area contributed by atoms with Gasteiger partial charge in [-0.3, -0.25) is 4.79 Å². The molecule has 0 spiro atoms. The number of carbonyl (C=O) groups excluding carboxylic acids is 1. The van der Waals surface area contributed by atoms with E-state index in [1.54, 1.807) is 13.0 Å². The summed E-state index contributed by atoms with van der Waals surface area (Å²) in [5, 5.41) is 9.01. The number of carbonyl (C=O) groups is 1. The maximum absolute atomic E-state index is 12.7. The standard InChI is InChI=1S/C11H17FO2/c1-8(13)2-7-11(14)9-3-5-10(12)6-4-9/h3,5,8-10,13H,2,4,6-7H2,1H3. The van der Waals surface area contributed by atoms with Gasteiger partial charge in [-0.15, -0.1) is 0 Å². The number of aliphatic hydroxyl groups is 1. The second-order valence-corrected chi connectivity index (χ2v) is 3.94. The zero-order valence-corrected chi connectivity index (χ0v) is 8.45. The van der Waals surface area contributed by atoms with Crippen molar-refractivity contribution in [1.82, 2.24) is 0 Å². The van der Waals surface area contributed by atoms with Crippen LogP contribution in [0.2, 0.25) is 0 Å². The van der Waals surface area contributed by atoms with Crippen LogP contribution in [0, 0.1) is 5.92 Å². The molecule has 0 aromatic carbocycles. The minimum atomic E-state index is -0.879. The van der Waals surface area contributed by atoms with Gasteiger partial charge in [0.1, 0.15) is 12.0 Å². The largest absolute Gasteiger partial charge is 0.393 e. The molecule has 1 N–H and O–H groups in total. The number of halogens is 1. The lowest BCUT2D eigenvalue weighted by atomic mass is 9.89. The summed E-state index contributed by atoms with van der Waals surface area (Å²) in [6.07, 6.45) is 3.77. The van der Waals surface area contributed by atoms with Crippen LogP contribution < -0.4 is 0 Å². The normalized spacial score (nSPS) is 28.8. The predicted octanol–water partition coefficient (Wildman–Crippen LogP) is 2.02. The summed E-state index contributed by atoms with van der Waals surface area (Å²) in [5.74, 6) is -0.00481. The Kier molecular flexibility index (Phi) is 4.26. The van der Waals surface area contributed by atoms with Crippen molar-refractivity contribution >= 4 is 5.78 Å². The fraction of sp³-hybridized carbons (Fsp3) is 0.727. The van der Waals surface area contributed by atoms with Crippen molar-refractivity contribution in [3.05, 3.63) is 12.2 Å². The van der Waals surface area contributed by atoms with E-state index >= 15 is 0 Å². The molecule has 0 radical (unpaired) electrons. The van der Waals surface area contributed by atoms with Crippen LogP contribution in [0.1, 0.15) is 32.6 Å². The van der Waals surface area contributed by atoms with E-state index in [4.69, 9.17) is 5.11 Å². The minimum Gasteiger partial charge on any atom is -0.393 e. The summed E-state index contributed by atoms with van der Waals surface area (Å²) < 4.78 is 12.7. The van der Waals surface area contributed by atoms with Crippen molar-refractivity contribution in [3.8, 4) is 0 Å². The highest BCUT2D eigenvalue weighted by molar-refractivity contribution is 5.82. The maximum Gasteiger partial charge on any atom is 0.139 e. The van der Waals surface area contributed by atoms with Gasteiger partial charge in [-0.25, -0.2) is 4.39 Å². The summed E-state index contributed by atoms with van der Waals surface area (Å²) >= 11 is 0. The van der Waals surface area contributed by atoms with Gasteiger partial charge in [0, 0.05) is 12.3 Å². The van der Waals surface area contributed by atoms with Crippen LogP contribution in [0.5, 0.6) is 0 Å². The third-order valence-electron chi connectivity index (χ3n) is 2.53. The zero-order valence-electron chi connectivity index (χ0n) is 8.45. The third kappa shape index (κ3) is 3.58. The van der Waals surface area contributed by atoms with E-state index in [0.29, 0.717) is 25.7 Å². The highest BCUT2D eigenvalue weighted by Crippen LogP contribution is 2.22. The Hall–Kier alpha value is -0.700. The molecular formula is C11H17FO2. The fourth-order valence-electron chi connectivity index (χ4n) is 1.59. The Morgan fingerprint density at radius 1 is 1.57 bits per heavy atom. The van der Waals surface area contributed by atoms with Crippen LogP contribution in [0.4, 0.5) is 4.39 Å². The molecule has 0 bridgehead atoms. The van der Waals surface area contributed by atoms with Crippen molar-refractivity contribution in [3.63, 3.8) is 0 Å². The summed E-state index contributed by atoms with van der Waals surface area (Å²) in [7, 11) is 0. The average molecular weight is 200 g/mol. The molecule has 0 aliphatic heterocycles. The van der Waals surface area contributed by atoms with E-state index in [-0.39, 0.29) is 11.7 Å². The quantitative estimate of drug-likeness (QED) is 0.705. The smallest absolute Gasteiger partial charge is 0.139 e. The molecular weight excluding hydrogens is 183 g/mol. The van der Waals surface area contributed by atoms with E-state index in [1.165, 1.54) is 6.08 Å². The number of hydrogen-bond acceptors (Lipinski definition) is 2. The number of rotatable bonds is 4. The Morgan fingerprint density at radius 2 is 2.29 bits per heavy atom. The lowest BCUT2D eigenvalue weighted by Gasteiger charge is -2.17. The molecule has 0 heterocycles. The third-order valence-corrected chi connectivity index (χ3v) is 2.53. The van der Waals surface area contributed by atoms with Crippen molar-refractivity contribution in [2.45, 2.75) is 44.9 Å². The molecule has 1 rings (SSSR count). The average Bonchev–Trinajstić information content (AvgIpc) is 2.15. The first-order chi connectivity index (χ1) is 6.59. The van der Waals surface area contributed by atoms with Gasteiger partial charge in [-0.05, 0) is 26.2 Å². The molecule has 0 saturated carbocycles. The molecule has 0 aromatic heterocycles. The van der Waals surface area contributed by atoms with Crippen molar-refractivity contribution in [1.29, 1.82) is 0 Å². The van der Waals surface area contributed by atoms with Gasteiger partial charge in [0.15, 0.2) is 0 Å². The van der Waals surface area contributed by atoms with Gasteiger partial charge in [0.05, 0.1) is 6.10 Å². The maximum atomic E-state index is 12.7. The fourth-order valence-corrected chi connectivity index (χ4v) is 1.59. The number of aliphatic hydroxyl groups excluding tert-OH is 1. The zero-order chi connectivity index (χ0) is 10.6. The molecule has 0 fully saturated rings. The second-order valence-electron chi connectivity index (χ2n) is 3.94. The highest BCUT2D eigenvalue weighted by Gasteiger charge is 2.20. The van der Waals surface area contributed by atoms with E-state index in [1.807, 2.05) is 0 Å². The lowest BCUT2D eigenvalue weighted by Crippen LogP contribution is -2.19. The summed E-state index contributed by atoms with van der Waals surface area (Å²) in [6, 6.07) is 0. The number of hydrogen-bond donors (Lipinski definition) is 1. The Bertz CT molecular complexity index is 223. The van der Waals surface area contributed by atoms with E-state index < -0.39 is 12.3 Å². The summed E-state index contributed by atoms with van der Waals surface area (Å²) in [4.78, 5) is 11.5. The Labute approximate surface area is 83.8 Å². The number of ketones is 1. The van der Waals surface area contributed by atoms with Gasteiger partial charge in [-0.2, -0.15) is 0 Å². The highest BCUT2D eigenvalue weighted by atomic mass is 19.1. The first-order valence-electron chi connectivity index (χ1n) is 5.12. The molecule has 3 unspecified atom stereocenters. The molecule has 3 atom stereocenters. The van der Waals surface area contributed by atoms with Gasteiger partial charge in [-0.1, -0.05) is 12.2 Å². The summed E-state index contributed by atoms with van der Waals surface area (Å²) in [5.41, 5.74) is 0. The molecule has 0 aromatic rings. The molecule has 14 heavy (non-hydrogen) atoms. The molecule has 3 heteroatoms. The van der Waals surface area contributed by atoms with Crippen LogP contribution >= 0.6 is 0 Å². The van der Waals surface area contributed by atoms with Gasteiger partial charge in [0.25, 0.3) is 0 Å². The summed E-state index contributed by atoms with van der Waals surface area (Å²) in [6.45, 7) is 1.67. The topological polar surface area (TPSA) is 37.3 Å². The van der Waals surface area contributed by atoms with E-state index in [0.717, 1.165) is 0 Å².